The highest BCUT2D eigenvalue weighted by Crippen LogP contribution is 2.33. The highest BCUT2D eigenvalue weighted by atomic mass is 28.3. The topological polar surface area (TPSA) is 227 Å². The first kappa shape index (κ1) is 53.9. The van der Waals surface area contributed by atoms with Crippen molar-refractivity contribution in [2.75, 3.05) is 19.8 Å². The van der Waals surface area contributed by atoms with Gasteiger partial charge in [-0.1, -0.05) is 31.8 Å². The molecule has 0 unspecified atom stereocenters. The molecule has 0 fully saturated rings. The van der Waals surface area contributed by atoms with Gasteiger partial charge >= 0.3 is 0 Å². The summed E-state index contributed by atoms with van der Waals surface area (Å²) in [5.41, 5.74) is 6.47. The molecule has 0 spiro atoms. The molecular formula is C58H48F4N14O5Si. The van der Waals surface area contributed by atoms with E-state index >= 15 is 0 Å². The Kier molecular flexibility index (Phi) is 14.4. The zero-order valence-electron chi connectivity index (χ0n) is 44.6. The van der Waals surface area contributed by atoms with E-state index in [1.54, 1.807) is 82.4 Å². The fourth-order valence-corrected chi connectivity index (χ4v) is 10.3. The van der Waals surface area contributed by atoms with Crippen LogP contribution in [0.1, 0.15) is 11.1 Å². The Morgan fingerprint density at radius 2 is 1.12 bits per heavy atom. The minimum atomic E-state index is -2.69. The molecule has 412 valence electrons. The number of benzene rings is 4. The summed E-state index contributed by atoms with van der Waals surface area (Å²) in [6, 6.07) is 32.8. The monoisotopic (exact) mass is 1120 g/mol. The van der Waals surface area contributed by atoms with E-state index < -0.39 is 45.3 Å². The number of hydrogen-bond acceptors (Lipinski definition) is 13. The van der Waals surface area contributed by atoms with E-state index in [0.717, 1.165) is 38.9 Å². The fraction of sp³-hybridized carbons (Fsp3) is 0.207. The van der Waals surface area contributed by atoms with E-state index in [1.807, 2.05) is 55.3 Å². The Balaban J connectivity index is 0.000000175. The summed E-state index contributed by atoms with van der Waals surface area (Å²) in [5, 5.41) is 40.3. The molecule has 82 heavy (non-hydrogen) atoms. The molecule has 0 aliphatic carbocycles. The van der Waals surface area contributed by atoms with Gasteiger partial charge in [-0.2, -0.15) is 40.3 Å². The van der Waals surface area contributed by atoms with Crippen LogP contribution in [0, 0.1) is 22.7 Å². The van der Waals surface area contributed by atoms with Crippen LogP contribution in [0.5, 0.6) is 11.8 Å². The first-order valence-corrected chi connectivity index (χ1v) is 29.3. The summed E-state index contributed by atoms with van der Waals surface area (Å²) in [6.45, 7) is 6.10. The zero-order valence-corrected chi connectivity index (χ0v) is 45.6. The average molecular weight is 1130 g/mol. The van der Waals surface area contributed by atoms with Crippen LogP contribution in [-0.4, -0.2) is 99.4 Å². The van der Waals surface area contributed by atoms with Crippen molar-refractivity contribution in [3.05, 3.63) is 154 Å². The van der Waals surface area contributed by atoms with E-state index in [1.165, 1.54) is 21.5 Å². The highest BCUT2D eigenvalue weighted by Gasteiger charge is 2.23. The van der Waals surface area contributed by atoms with Crippen LogP contribution in [0.15, 0.2) is 131 Å². The lowest BCUT2D eigenvalue weighted by Gasteiger charge is -2.16. The Morgan fingerprint density at radius 3 is 1.63 bits per heavy atom. The molecule has 0 amide bonds. The van der Waals surface area contributed by atoms with Crippen molar-refractivity contribution in [2.24, 2.45) is 14.1 Å². The van der Waals surface area contributed by atoms with Crippen molar-refractivity contribution >= 4 is 73.8 Å². The van der Waals surface area contributed by atoms with Gasteiger partial charge in [-0.25, -0.2) is 27.5 Å². The van der Waals surface area contributed by atoms with Gasteiger partial charge < -0.3 is 23.8 Å². The smallest absolute Gasteiger partial charge is 0.281 e. The predicted molar refractivity (Wildman–Crippen MR) is 304 cm³/mol. The summed E-state index contributed by atoms with van der Waals surface area (Å²) in [4.78, 5) is 40.0. The third-order valence-electron chi connectivity index (χ3n) is 13.4. The van der Waals surface area contributed by atoms with Crippen LogP contribution in [0.2, 0.25) is 25.7 Å². The molecule has 8 aromatic heterocycles. The Bertz CT molecular complexity index is 4680. The molecule has 19 nitrogen and oxygen atoms in total. The number of H-pyrrole nitrogens is 1. The van der Waals surface area contributed by atoms with Crippen LogP contribution >= 0.6 is 0 Å². The van der Waals surface area contributed by atoms with E-state index in [4.69, 9.17) is 14.2 Å². The SMILES string of the molecule is Cn1cc2cc(-n3nc4ccc(OCC(F)F)nc4c(-c4ccc5[nH]cc(C#N)c5c4)c3=O)ccc2n1.Cn1cc2cc(-n3nc4ccc(OCC(F)F)nc4c(-c4ccc5c(c4)c(C#N)cn5COCC[Si](C)(C)C)c3=O)ccc2n1. The summed E-state index contributed by atoms with van der Waals surface area (Å²) in [5.74, 6) is -0.106. The summed E-state index contributed by atoms with van der Waals surface area (Å²) >= 11 is 0. The number of hydrogen-bond donors (Lipinski definition) is 1. The molecule has 0 aliphatic heterocycles. The number of nitrogens with zero attached hydrogens (tertiary/aromatic N) is 13. The molecular weight excluding hydrogens is 1080 g/mol. The third kappa shape index (κ3) is 10.9. The van der Waals surface area contributed by atoms with Gasteiger partial charge in [-0.15, -0.1) is 0 Å². The minimum Gasteiger partial charge on any atom is -0.472 e. The molecule has 0 bridgehead atoms. The minimum absolute atomic E-state index is 0.0507. The third-order valence-corrected chi connectivity index (χ3v) is 15.1. The maximum atomic E-state index is 14.2. The second-order valence-corrected chi connectivity index (χ2v) is 26.1. The van der Waals surface area contributed by atoms with Gasteiger partial charge in [0.1, 0.15) is 40.9 Å². The summed E-state index contributed by atoms with van der Waals surface area (Å²) in [6.07, 6.45) is 1.65. The lowest BCUT2D eigenvalue weighted by Crippen LogP contribution is -2.23. The zero-order chi connectivity index (χ0) is 57.6. The molecule has 0 saturated heterocycles. The van der Waals surface area contributed by atoms with Gasteiger partial charge in [0, 0.05) is 92.8 Å². The van der Waals surface area contributed by atoms with Crippen LogP contribution in [-0.2, 0) is 25.6 Å². The first-order valence-electron chi connectivity index (χ1n) is 25.6. The quantitative estimate of drug-likeness (QED) is 0.0573. The Hall–Kier alpha value is -10.0. The van der Waals surface area contributed by atoms with Crippen molar-refractivity contribution in [1.29, 1.82) is 10.5 Å². The number of fused-ring (bicyclic) bond motifs is 6. The maximum Gasteiger partial charge on any atom is 0.281 e. The second-order valence-electron chi connectivity index (χ2n) is 20.5. The van der Waals surface area contributed by atoms with Gasteiger partial charge in [0.15, 0.2) is 13.2 Å². The van der Waals surface area contributed by atoms with Gasteiger partial charge in [0.2, 0.25) is 11.8 Å². The number of alkyl halides is 4. The number of aromatic amines is 1. The van der Waals surface area contributed by atoms with E-state index in [0.29, 0.717) is 62.0 Å². The number of pyridine rings is 2. The van der Waals surface area contributed by atoms with Crippen molar-refractivity contribution < 1.29 is 31.8 Å². The molecule has 0 atom stereocenters. The molecule has 24 heteroatoms. The van der Waals surface area contributed by atoms with Crippen LogP contribution in [0.3, 0.4) is 0 Å². The lowest BCUT2D eigenvalue weighted by molar-refractivity contribution is 0.0796. The molecule has 12 rings (SSSR count). The van der Waals surface area contributed by atoms with Gasteiger partial charge in [0.05, 0.1) is 50.2 Å². The number of halogens is 4. The summed E-state index contributed by atoms with van der Waals surface area (Å²) in [7, 11) is 2.37. The standard InChI is InChI=1S/C32H31F2N7O3Si.C26H17F2N7O2/c1-39-16-21-13-23(6-7-25(21)37-39)41-32(42)30(31-26(38-41)8-10-29(36-31)44-18-28(33)34)20-5-9-27-24(14-20)22(15-35)17-40(27)19-43-11-12-45(2,3)4;1-34-12-15-8-17(3-5-19(15)32-34)35-26(36)24(14-2-4-20-18(9-14)16(10-29)11-30-20)25-21(33-35)6-7-23(31-25)37-13-22(27)28/h5-10,13-14,16-17,28H,11-12,18-19H2,1-4H3;2-9,11-12,22,30H,13H2,1H3. The second kappa shape index (κ2) is 21.9. The van der Waals surface area contributed by atoms with Crippen molar-refractivity contribution in [3.8, 4) is 57.5 Å². The maximum absolute atomic E-state index is 14.2. The predicted octanol–water partition coefficient (Wildman–Crippen LogP) is 10.4. The van der Waals surface area contributed by atoms with Crippen molar-refractivity contribution in [2.45, 2.75) is 45.3 Å². The fourth-order valence-electron chi connectivity index (χ4n) is 9.54. The Morgan fingerprint density at radius 1 is 0.610 bits per heavy atom. The lowest BCUT2D eigenvalue weighted by atomic mass is 10.0. The van der Waals surface area contributed by atoms with Crippen LogP contribution in [0.25, 0.3) is 99.3 Å². The number of nitriles is 2. The molecule has 4 aromatic carbocycles. The number of ether oxygens (including phenoxy) is 3. The molecule has 0 aliphatic rings. The highest BCUT2D eigenvalue weighted by molar-refractivity contribution is 6.76. The van der Waals surface area contributed by atoms with Gasteiger partial charge in [0.25, 0.3) is 24.0 Å². The van der Waals surface area contributed by atoms with E-state index in [-0.39, 0.29) is 40.7 Å². The Labute approximate surface area is 463 Å². The normalized spacial score (nSPS) is 11.8. The number of aryl methyl sites for hydroxylation is 2. The number of nitrogens with one attached hydrogen (secondary N) is 1. The van der Waals surface area contributed by atoms with Gasteiger partial charge in [-0.3, -0.25) is 19.0 Å². The van der Waals surface area contributed by atoms with Crippen molar-refractivity contribution in [3.63, 3.8) is 0 Å². The molecule has 0 saturated carbocycles. The molecule has 1 N–H and O–H groups in total. The number of aromatic nitrogens is 12. The first-order chi connectivity index (χ1) is 39.4. The van der Waals surface area contributed by atoms with Crippen LogP contribution < -0.4 is 20.6 Å². The molecule has 12 aromatic rings. The largest absolute Gasteiger partial charge is 0.472 e. The number of rotatable bonds is 15. The van der Waals surface area contributed by atoms with E-state index in [2.05, 4.69) is 67.1 Å². The van der Waals surface area contributed by atoms with E-state index in [9.17, 15) is 37.7 Å². The summed E-state index contributed by atoms with van der Waals surface area (Å²) < 4.78 is 75.3. The molecule has 0 radical (unpaired) electrons. The van der Waals surface area contributed by atoms with Crippen LogP contribution in [0.4, 0.5) is 17.6 Å². The van der Waals surface area contributed by atoms with Crippen molar-refractivity contribution in [1.82, 2.24) is 58.6 Å². The van der Waals surface area contributed by atoms with Gasteiger partial charge in [-0.05, 0) is 90.0 Å². The molecule has 8 heterocycles. The average Bonchev–Trinajstić information content (AvgIpc) is 3.19.